The molecule has 0 aliphatic rings. The topological polar surface area (TPSA) is 102 Å². The fourth-order valence-electron chi connectivity index (χ4n) is 1.46. The number of ether oxygens (including phenoxy) is 2. The van der Waals surface area contributed by atoms with E-state index in [1.807, 2.05) is 0 Å². The third-order valence-corrected chi connectivity index (χ3v) is 2.77. The molecular weight excluding hydrogens is 314 g/mol. The summed E-state index contributed by atoms with van der Waals surface area (Å²) >= 11 is 5.94. The molecule has 0 unspecified atom stereocenters. The van der Waals surface area contributed by atoms with Crippen molar-refractivity contribution in [2.24, 2.45) is 0 Å². The molecule has 7 nitrogen and oxygen atoms in total. The van der Waals surface area contributed by atoms with Crippen LogP contribution in [0.15, 0.2) is 30.0 Å². The van der Waals surface area contributed by atoms with Crippen LogP contribution >= 0.6 is 11.6 Å². The number of rotatable bonds is 6. The van der Waals surface area contributed by atoms with Crippen molar-refractivity contribution < 1.29 is 29.0 Å². The summed E-state index contributed by atoms with van der Waals surface area (Å²) < 4.78 is 9.21. The van der Waals surface area contributed by atoms with E-state index in [9.17, 15) is 14.4 Å². The molecule has 0 aliphatic carbocycles. The maximum atomic E-state index is 11.5. The number of aliphatic carboxylic acids is 1. The Kier molecular flexibility index (Phi) is 6.40. The predicted molar refractivity (Wildman–Crippen MR) is 78.8 cm³/mol. The van der Waals surface area contributed by atoms with Gasteiger partial charge in [0.25, 0.3) is 0 Å². The van der Waals surface area contributed by atoms with Gasteiger partial charge < -0.3 is 19.9 Å². The van der Waals surface area contributed by atoms with Crippen molar-refractivity contribution in [3.8, 4) is 0 Å². The summed E-state index contributed by atoms with van der Waals surface area (Å²) in [4.78, 5) is 34.0. The van der Waals surface area contributed by atoms with Gasteiger partial charge in [0.15, 0.2) is 0 Å². The van der Waals surface area contributed by atoms with Crippen molar-refractivity contribution in [3.63, 3.8) is 0 Å². The lowest BCUT2D eigenvalue weighted by Crippen LogP contribution is -2.14. The maximum Gasteiger partial charge on any atom is 0.352 e. The number of nitrogens with one attached hydrogen (secondary N) is 1. The van der Waals surface area contributed by atoms with Crippen molar-refractivity contribution in [2.75, 3.05) is 19.0 Å². The number of carboxylic acid groups (broad SMARTS) is 1. The van der Waals surface area contributed by atoms with Crippen LogP contribution in [0, 0.1) is 0 Å². The Bertz CT molecular complexity index is 626. The minimum atomic E-state index is -1.38. The summed E-state index contributed by atoms with van der Waals surface area (Å²) in [6.45, 7) is 1.71. The number of halogens is 1. The first kappa shape index (κ1) is 17.5. The minimum absolute atomic E-state index is 0.112. The first-order valence-corrected chi connectivity index (χ1v) is 6.53. The average molecular weight is 328 g/mol. The zero-order valence-electron chi connectivity index (χ0n) is 11.9. The van der Waals surface area contributed by atoms with Gasteiger partial charge in [0.05, 0.1) is 36.1 Å². The largest absolute Gasteiger partial charge is 0.477 e. The highest BCUT2D eigenvalue weighted by molar-refractivity contribution is 6.33. The van der Waals surface area contributed by atoms with Gasteiger partial charge in [-0.25, -0.2) is 14.4 Å². The molecule has 1 aromatic carbocycles. The molecule has 2 N–H and O–H groups in total. The number of carbonyl (C=O) groups is 3. The molecule has 1 aromatic rings. The Hall–Kier alpha value is -2.54. The van der Waals surface area contributed by atoms with Gasteiger partial charge in [-0.1, -0.05) is 11.6 Å². The second-order valence-corrected chi connectivity index (χ2v) is 4.33. The number of esters is 2. The average Bonchev–Trinajstić information content (AvgIpc) is 2.47. The first-order chi connectivity index (χ1) is 10.4. The van der Waals surface area contributed by atoms with Crippen LogP contribution in [0.4, 0.5) is 5.69 Å². The molecule has 0 aromatic heterocycles. The summed E-state index contributed by atoms with van der Waals surface area (Å²) in [6, 6.07) is 4.14. The molecule has 0 saturated carbocycles. The molecule has 0 amide bonds. The number of benzene rings is 1. The molecule has 0 heterocycles. The Morgan fingerprint density at radius 2 is 2.05 bits per heavy atom. The summed E-state index contributed by atoms with van der Waals surface area (Å²) in [5, 5.41) is 11.7. The molecule has 0 fully saturated rings. The monoisotopic (exact) mass is 327 g/mol. The lowest BCUT2D eigenvalue weighted by atomic mass is 10.2. The highest BCUT2D eigenvalue weighted by Gasteiger charge is 2.15. The number of methoxy groups -OCH3 is 1. The molecule has 0 aliphatic heterocycles. The standard InChI is InChI=1S/C14H14ClNO6/c1-3-22-12(17)7-11(13(18)19)16-10-6-8(14(20)21-2)4-5-9(10)15/h4-7,16H,3H2,1-2H3,(H,18,19)/b11-7+. The van der Waals surface area contributed by atoms with E-state index in [-0.39, 0.29) is 22.9 Å². The second-order valence-electron chi connectivity index (χ2n) is 3.93. The normalized spacial score (nSPS) is 10.8. The Morgan fingerprint density at radius 3 is 2.59 bits per heavy atom. The van der Waals surface area contributed by atoms with Crippen molar-refractivity contribution in [1.82, 2.24) is 0 Å². The van der Waals surface area contributed by atoms with Gasteiger partial charge in [-0.15, -0.1) is 0 Å². The molecule has 1 rings (SSSR count). The van der Waals surface area contributed by atoms with E-state index < -0.39 is 23.6 Å². The van der Waals surface area contributed by atoms with Crippen molar-refractivity contribution in [1.29, 1.82) is 0 Å². The number of hydrogen-bond acceptors (Lipinski definition) is 6. The van der Waals surface area contributed by atoms with Gasteiger partial charge in [0.1, 0.15) is 5.70 Å². The summed E-state index contributed by atoms with van der Waals surface area (Å²) in [6.07, 6.45) is 0.785. The van der Waals surface area contributed by atoms with E-state index in [0.717, 1.165) is 6.08 Å². The van der Waals surface area contributed by atoms with Crippen LogP contribution in [0.2, 0.25) is 5.02 Å². The minimum Gasteiger partial charge on any atom is -0.477 e. The van der Waals surface area contributed by atoms with E-state index in [0.29, 0.717) is 0 Å². The van der Waals surface area contributed by atoms with Gasteiger partial charge in [-0.2, -0.15) is 0 Å². The van der Waals surface area contributed by atoms with Crippen molar-refractivity contribution in [2.45, 2.75) is 6.92 Å². The van der Waals surface area contributed by atoms with Crippen molar-refractivity contribution >= 4 is 35.2 Å². The van der Waals surface area contributed by atoms with E-state index in [1.165, 1.54) is 25.3 Å². The Labute approximate surface area is 131 Å². The zero-order chi connectivity index (χ0) is 16.7. The Morgan fingerprint density at radius 1 is 1.36 bits per heavy atom. The van der Waals surface area contributed by atoms with Crippen LogP contribution in [-0.2, 0) is 19.1 Å². The fraction of sp³-hybridized carbons (Fsp3) is 0.214. The highest BCUT2D eigenvalue weighted by Crippen LogP contribution is 2.25. The van der Waals surface area contributed by atoms with Crippen LogP contribution in [0.1, 0.15) is 17.3 Å². The lowest BCUT2D eigenvalue weighted by molar-refractivity contribution is -0.138. The molecule has 8 heteroatoms. The number of anilines is 1. The highest BCUT2D eigenvalue weighted by atomic mass is 35.5. The van der Waals surface area contributed by atoms with E-state index in [4.69, 9.17) is 16.7 Å². The van der Waals surface area contributed by atoms with Crippen molar-refractivity contribution in [3.05, 3.63) is 40.6 Å². The predicted octanol–water partition coefficient (Wildman–Crippen LogP) is 2.07. The van der Waals surface area contributed by atoms with Crippen LogP contribution in [0.25, 0.3) is 0 Å². The number of carbonyl (C=O) groups excluding carboxylic acids is 2. The maximum absolute atomic E-state index is 11.5. The van der Waals surface area contributed by atoms with Crippen LogP contribution in [0.5, 0.6) is 0 Å². The first-order valence-electron chi connectivity index (χ1n) is 6.15. The molecule has 22 heavy (non-hydrogen) atoms. The third kappa shape index (κ3) is 4.78. The van der Waals surface area contributed by atoms with Gasteiger partial charge in [0, 0.05) is 0 Å². The molecule has 0 radical (unpaired) electrons. The van der Waals surface area contributed by atoms with Gasteiger partial charge in [-0.3, -0.25) is 0 Å². The summed E-state index contributed by atoms with van der Waals surface area (Å²) in [5.41, 5.74) is -0.125. The number of hydrogen-bond donors (Lipinski definition) is 2. The smallest absolute Gasteiger partial charge is 0.352 e. The molecule has 118 valence electrons. The van der Waals surface area contributed by atoms with E-state index in [2.05, 4.69) is 14.8 Å². The van der Waals surface area contributed by atoms with E-state index >= 15 is 0 Å². The molecule has 0 atom stereocenters. The molecule has 0 saturated heterocycles. The number of carboxylic acids is 1. The van der Waals surface area contributed by atoms with Crippen LogP contribution in [-0.4, -0.2) is 36.7 Å². The molecular formula is C14H14ClNO6. The Balaban J connectivity index is 3.11. The SMILES string of the molecule is CCOC(=O)/C=C(/Nc1cc(C(=O)OC)ccc1Cl)C(=O)O. The van der Waals surface area contributed by atoms with Crippen LogP contribution in [0.3, 0.4) is 0 Å². The van der Waals surface area contributed by atoms with Gasteiger partial charge in [-0.05, 0) is 25.1 Å². The van der Waals surface area contributed by atoms with Gasteiger partial charge >= 0.3 is 17.9 Å². The fourth-order valence-corrected chi connectivity index (χ4v) is 1.63. The quantitative estimate of drug-likeness (QED) is 0.609. The molecule has 0 bridgehead atoms. The zero-order valence-corrected chi connectivity index (χ0v) is 12.6. The summed E-state index contributed by atoms with van der Waals surface area (Å²) in [5.74, 6) is -2.80. The summed E-state index contributed by atoms with van der Waals surface area (Å²) in [7, 11) is 1.22. The van der Waals surface area contributed by atoms with E-state index in [1.54, 1.807) is 6.92 Å². The van der Waals surface area contributed by atoms with Gasteiger partial charge in [0.2, 0.25) is 0 Å². The molecule has 0 spiro atoms. The van der Waals surface area contributed by atoms with Crippen LogP contribution < -0.4 is 5.32 Å². The second kappa shape index (κ2) is 8.04. The lowest BCUT2D eigenvalue weighted by Gasteiger charge is -2.10. The third-order valence-electron chi connectivity index (χ3n) is 2.44.